The summed E-state index contributed by atoms with van der Waals surface area (Å²) in [5, 5.41) is 4.01. The van der Waals surface area contributed by atoms with Crippen molar-refractivity contribution in [1.82, 2.24) is 5.43 Å². The molecule has 0 aliphatic heterocycles. The van der Waals surface area contributed by atoms with Crippen molar-refractivity contribution in [3.05, 3.63) is 87.9 Å². The van der Waals surface area contributed by atoms with E-state index >= 15 is 0 Å². The number of rotatable bonds is 8. The van der Waals surface area contributed by atoms with Crippen molar-refractivity contribution in [3.63, 3.8) is 0 Å². The lowest BCUT2D eigenvalue weighted by molar-refractivity contribution is 0.0956. The molecule has 0 saturated heterocycles. The van der Waals surface area contributed by atoms with E-state index in [1.165, 1.54) is 6.21 Å². The summed E-state index contributed by atoms with van der Waals surface area (Å²) in [6.45, 7) is 2.83. The number of carbonyl (C=O) groups excluding carboxylic acids is 1. The van der Waals surface area contributed by atoms with Crippen LogP contribution < -0.4 is 20.6 Å². The molecular formula is C23H22BrN3O3. The van der Waals surface area contributed by atoms with Crippen LogP contribution in [0.2, 0.25) is 0 Å². The summed E-state index contributed by atoms with van der Waals surface area (Å²) in [4.78, 5) is 12.2. The molecule has 154 valence electrons. The quantitative estimate of drug-likeness (QED) is 0.283. The summed E-state index contributed by atoms with van der Waals surface area (Å²) in [6, 6.07) is 20.2. The van der Waals surface area contributed by atoms with Crippen molar-refractivity contribution in [2.45, 2.75) is 13.5 Å². The maximum atomic E-state index is 12.2. The molecule has 3 N–H and O–H groups in total. The van der Waals surface area contributed by atoms with Gasteiger partial charge in [-0.1, -0.05) is 40.2 Å². The number of hydrogen-bond acceptors (Lipinski definition) is 5. The zero-order valence-electron chi connectivity index (χ0n) is 16.5. The zero-order chi connectivity index (χ0) is 21.3. The minimum atomic E-state index is -0.371. The number of carbonyl (C=O) groups is 1. The first kappa shape index (κ1) is 21.4. The van der Waals surface area contributed by atoms with E-state index in [0.29, 0.717) is 36.0 Å². The summed E-state index contributed by atoms with van der Waals surface area (Å²) in [5.74, 6) is 0.874. The largest absolute Gasteiger partial charge is 0.490 e. The molecule has 1 amide bonds. The van der Waals surface area contributed by atoms with Crippen molar-refractivity contribution in [2.24, 2.45) is 5.10 Å². The van der Waals surface area contributed by atoms with Gasteiger partial charge in [0.15, 0.2) is 11.5 Å². The van der Waals surface area contributed by atoms with Crippen LogP contribution in [0.15, 0.2) is 76.3 Å². The number of para-hydroxylation sites is 1. The number of nitrogens with one attached hydrogen (secondary N) is 1. The van der Waals surface area contributed by atoms with Gasteiger partial charge in [-0.25, -0.2) is 5.43 Å². The predicted molar refractivity (Wildman–Crippen MR) is 122 cm³/mol. The standard InChI is InChI=1S/C23H22BrN3O3/c1-2-29-22-13-17(14-26-27-23(28)19-5-3-4-6-20(19)25)9-12-21(22)30-15-16-7-10-18(24)11-8-16/h3-14H,2,15,25H2,1H3,(H,27,28). The molecule has 0 aromatic heterocycles. The van der Waals surface area contributed by atoms with Gasteiger partial charge in [-0.15, -0.1) is 0 Å². The molecule has 0 heterocycles. The first-order chi connectivity index (χ1) is 14.6. The van der Waals surface area contributed by atoms with Gasteiger partial charge in [0.05, 0.1) is 18.4 Å². The molecule has 0 spiro atoms. The minimum Gasteiger partial charge on any atom is -0.490 e. The van der Waals surface area contributed by atoms with E-state index in [1.54, 1.807) is 24.3 Å². The van der Waals surface area contributed by atoms with E-state index in [0.717, 1.165) is 15.6 Å². The third-order valence-electron chi connectivity index (χ3n) is 4.16. The fraction of sp³-hybridized carbons (Fsp3) is 0.130. The molecule has 3 aromatic rings. The summed E-state index contributed by atoms with van der Waals surface area (Å²) in [7, 11) is 0. The molecule has 0 aliphatic carbocycles. The summed E-state index contributed by atoms with van der Waals surface area (Å²) in [6.07, 6.45) is 1.54. The van der Waals surface area contributed by atoms with E-state index < -0.39 is 0 Å². The molecular weight excluding hydrogens is 446 g/mol. The highest BCUT2D eigenvalue weighted by molar-refractivity contribution is 9.10. The van der Waals surface area contributed by atoms with Crippen LogP contribution in [0.1, 0.15) is 28.4 Å². The molecule has 0 saturated carbocycles. The van der Waals surface area contributed by atoms with Crippen LogP contribution in [0.3, 0.4) is 0 Å². The van der Waals surface area contributed by atoms with E-state index in [9.17, 15) is 4.79 Å². The molecule has 0 unspecified atom stereocenters. The van der Waals surface area contributed by atoms with Crippen molar-refractivity contribution in [3.8, 4) is 11.5 Å². The van der Waals surface area contributed by atoms with Crippen molar-refractivity contribution >= 4 is 33.7 Å². The number of nitrogens with zero attached hydrogens (tertiary/aromatic N) is 1. The van der Waals surface area contributed by atoms with Gasteiger partial charge >= 0.3 is 0 Å². The third kappa shape index (κ3) is 5.84. The fourth-order valence-corrected chi connectivity index (χ4v) is 2.93. The van der Waals surface area contributed by atoms with Crippen LogP contribution in [0.5, 0.6) is 11.5 Å². The van der Waals surface area contributed by atoms with Gasteiger partial charge in [0.2, 0.25) is 0 Å². The summed E-state index contributed by atoms with van der Waals surface area (Å²) < 4.78 is 12.6. The molecule has 0 aliphatic rings. The van der Waals surface area contributed by atoms with Gasteiger partial charge in [0.1, 0.15) is 6.61 Å². The number of nitrogens with two attached hydrogens (primary N) is 1. The normalized spacial score (nSPS) is 10.7. The van der Waals surface area contributed by atoms with Crippen LogP contribution in [-0.2, 0) is 6.61 Å². The van der Waals surface area contributed by atoms with Gasteiger partial charge in [0, 0.05) is 10.2 Å². The smallest absolute Gasteiger partial charge is 0.273 e. The van der Waals surface area contributed by atoms with E-state index in [1.807, 2.05) is 49.4 Å². The third-order valence-corrected chi connectivity index (χ3v) is 4.69. The minimum absolute atomic E-state index is 0.371. The lowest BCUT2D eigenvalue weighted by Crippen LogP contribution is -2.19. The van der Waals surface area contributed by atoms with Gasteiger partial charge in [0.25, 0.3) is 5.91 Å². The molecule has 0 atom stereocenters. The van der Waals surface area contributed by atoms with Gasteiger partial charge in [-0.3, -0.25) is 4.79 Å². The molecule has 6 nitrogen and oxygen atoms in total. The lowest BCUT2D eigenvalue weighted by atomic mass is 10.2. The average Bonchev–Trinajstić information content (AvgIpc) is 2.75. The lowest BCUT2D eigenvalue weighted by Gasteiger charge is -2.12. The maximum Gasteiger partial charge on any atom is 0.273 e. The van der Waals surface area contributed by atoms with Crippen LogP contribution in [0.4, 0.5) is 5.69 Å². The van der Waals surface area contributed by atoms with Gasteiger partial charge < -0.3 is 15.2 Å². The number of hydrazone groups is 1. The number of ether oxygens (including phenoxy) is 2. The van der Waals surface area contributed by atoms with Crippen LogP contribution in [-0.4, -0.2) is 18.7 Å². The Hall–Kier alpha value is -3.32. The van der Waals surface area contributed by atoms with E-state index in [2.05, 4.69) is 26.5 Å². The predicted octanol–water partition coefficient (Wildman–Crippen LogP) is 4.77. The molecule has 30 heavy (non-hydrogen) atoms. The molecule has 7 heteroatoms. The summed E-state index contributed by atoms with van der Waals surface area (Å²) in [5.41, 5.74) is 10.9. The molecule has 0 fully saturated rings. The Balaban J connectivity index is 1.66. The number of nitrogen functional groups attached to an aromatic ring is 1. The molecule has 0 radical (unpaired) electrons. The Morgan fingerprint density at radius 1 is 1.07 bits per heavy atom. The number of amides is 1. The van der Waals surface area contributed by atoms with E-state index in [-0.39, 0.29) is 5.91 Å². The molecule has 3 aromatic carbocycles. The van der Waals surface area contributed by atoms with E-state index in [4.69, 9.17) is 15.2 Å². The Labute approximate surface area is 183 Å². The number of hydrogen-bond donors (Lipinski definition) is 2. The maximum absolute atomic E-state index is 12.2. The second-order valence-corrected chi connectivity index (χ2v) is 7.26. The van der Waals surface area contributed by atoms with Crippen molar-refractivity contribution in [2.75, 3.05) is 12.3 Å². The first-order valence-electron chi connectivity index (χ1n) is 9.39. The Morgan fingerprint density at radius 2 is 1.83 bits per heavy atom. The highest BCUT2D eigenvalue weighted by atomic mass is 79.9. The number of halogens is 1. The second-order valence-electron chi connectivity index (χ2n) is 6.34. The van der Waals surface area contributed by atoms with Gasteiger partial charge in [-0.05, 0) is 60.5 Å². The number of anilines is 1. The van der Waals surface area contributed by atoms with Crippen molar-refractivity contribution in [1.29, 1.82) is 0 Å². The molecule has 3 rings (SSSR count). The topological polar surface area (TPSA) is 85.9 Å². The monoisotopic (exact) mass is 467 g/mol. The zero-order valence-corrected chi connectivity index (χ0v) is 18.1. The summed E-state index contributed by atoms with van der Waals surface area (Å²) >= 11 is 3.42. The van der Waals surface area contributed by atoms with Crippen LogP contribution >= 0.6 is 15.9 Å². The first-order valence-corrected chi connectivity index (χ1v) is 10.2. The van der Waals surface area contributed by atoms with Crippen LogP contribution in [0, 0.1) is 0 Å². The average molecular weight is 468 g/mol. The molecule has 0 bridgehead atoms. The SMILES string of the molecule is CCOc1cc(C=NNC(=O)c2ccccc2N)ccc1OCc1ccc(Br)cc1. The Kier molecular flexibility index (Phi) is 7.45. The van der Waals surface area contributed by atoms with Crippen molar-refractivity contribution < 1.29 is 14.3 Å². The van der Waals surface area contributed by atoms with Gasteiger partial charge in [-0.2, -0.15) is 5.10 Å². The fourth-order valence-electron chi connectivity index (χ4n) is 2.66. The highest BCUT2D eigenvalue weighted by Crippen LogP contribution is 2.29. The number of benzene rings is 3. The Bertz CT molecular complexity index is 1040. The highest BCUT2D eigenvalue weighted by Gasteiger charge is 2.08. The Morgan fingerprint density at radius 3 is 2.57 bits per heavy atom. The van der Waals surface area contributed by atoms with Crippen LogP contribution in [0.25, 0.3) is 0 Å². The second kappa shape index (κ2) is 10.5.